The number of hydrogen-bond donors (Lipinski definition) is 1. The Kier molecular flexibility index (Phi) is 7.46. The van der Waals surface area contributed by atoms with Gasteiger partial charge in [-0.05, 0) is 43.0 Å². The van der Waals surface area contributed by atoms with Crippen molar-refractivity contribution in [1.82, 2.24) is 23.8 Å². The average molecular weight is 553 g/mol. The van der Waals surface area contributed by atoms with Crippen molar-refractivity contribution < 1.29 is 4.79 Å². The molecule has 0 saturated carbocycles. The van der Waals surface area contributed by atoms with Crippen LogP contribution in [0.15, 0.2) is 83.7 Å². The van der Waals surface area contributed by atoms with Crippen molar-refractivity contribution >= 4 is 33.6 Å². The first-order valence-electron chi connectivity index (χ1n) is 13.7. The quantitative estimate of drug-likeness (QED) is 0.294. The normalized spacial score (nSPS) is 14.1. The third-order valence-electron chi connectivity index (χ3n) is 7.56. The van der Waals surface area contributed by atoms with Crippen LogP contribution in [0.3, 0.4) is 0 Å². The topological polar surface area (TPSA) is 87.1 Å². The molecule has 0 aliphatic carbocycles. The summed E-state index contributed by atoms with van der Waals surface area (Å²) in [5.74, 6) is 0.829. The number of carbonyl (C=O) groups is 1. The zero-order valence-electron chi connectivity index (χ0n) is 22.5. The lowest BCUT2D eigenvalue weighted by atomic mass is 10.0. The van der Waals surface area contributed by atoms with Crippen LogP contribution in [0, 0.1) is 6.92 Å². The average Bonchev–Trinajstić information content (AvgIpc) is 3.58. The second-order valence-electron chi connectivity index (χ2n) is 10.4. The van der Waals surface area contributed by atoms with E-state index in [-0.39, 0.29) is 24.2 Å². The van der Waals surface area contributed by atoms with Gasteiger partial charge in [-0.2, -0.15) is 4.37 Å². The van der Waals surface area contributed by atoms with E-state index in [1.54, 1.807) is 0 Å². The fourth-order valence-electron chi connectivity index (χ4n) is 5.40. The summed E-state index contributed by atoms with van der Waals surface area (Å²) in [7, 11) is 0. The van der Waals surface area contributed by atoms with Crippen LogP contribution in [0.1, 0.15) is 41.4 Å². The maximum absolute atomic E-state index is 13.5. The molecule has 0 radical (unpaired) electrons. The minimum Gasteiger partial charge on any atom is -0.341 e. The molecular formula is C31H32N6O2S. The van der Waals surface area contributed by atoms with Crippen molar-refractivity contribution in [1.29, 1.82) is 0 Å². The smallest absolute Gasteiger partial charge is 0.326 e. The number of fused-ring (bicyclic) bond motifs is 1. The van der Waals surface area contributed by atoms with Gasteiger partial charge in [0.05, 0.1) is 17.6 Å². The lowest BCUT2D eigenvalue weighted by Gasteiger charge is -2.34. The molecule has 9 heteroatoms. The molecule has 0 unspecified atom stereocenters. The van der Waals surface area contributed by atoms with Crippen molar-refractivity contribution in [3.05, 3.63) is 112 Å². The van der Waals surface area contributed by atoms with Crippen LogP contribution in [0.4, 0.5) is 5.13 Å². The number of carbonyl (C=O) groups excluding carboxylic acids is 1. The van der Waals surface area contributed by atoms with E-state index < -0.39 is 0 Å². The maximum atomic E-state index is 13.5. The predicted molar refractivity (Wildman–Crippen MR) is 159 cm³/mol. The molecule has 0 atom stereocenters. The summed E-state index contributed by atoms with van der Waals surface area (Å²) in [6, 6.07) is 26.4. The highest BCUT2D eigenvalue weighted by atomic mass is 32.1. The first-order valence-corrected chi connectivity index (χ1v) is 14.4. The molecule has 1 saturated heterocycles. The van der Waals surface area contributed by atoms with Gasteiger partial charge < -0.3 is 14.8 Å². The number of anilines is 1. The highest BCUT2D eigenvalue weighted by Crippen LogP contribution is 2.26. The Morgan fingerprint density at radius 3 is 2.48 bits per heavy atom. The van der Waals surface area contributed by atoms with Crippen LogP contribution in [0.5, 0.6) is 0 Å². The Hall–Kier alpha value is -4.24. The number of nitrogens with zero attached hydrogens (tertiary/aromatic N) is 5. The van der Waals surface area contributed by atoms with E-state index in [0.717, 1.165) is 46.0 Å². The predicted octanol–water partition coefficient (Wildman–Crippen LogP) is 4.95. The van der Waals surface area contributed by atoms with Crippen LogP contribution >= 0.6 is 11.5 Å². The molecule has 6 rings (SSSR count). The molecule has 0 bridgehead atoms. The first-order chi connectivity index (χ1) is 19.5. The summed E-state index contributed by atoms with van der Waals surface area (Å²) in [5, 5.41) is 0.750. The molecular weight excluding hydrogens is 520 g/mol. The molecule has 1 aliphatic rings. The molecule has 40 heavy (non-hydrogen) atoms. The summed E-state index contributed by atoms with van der Waals surface area (Å²) in [5.41, 5.74) is 5.18. The SMILES string of the molecule is Cc1ccc(Cc2nsc(N(CC(=O)N3CCC(n4c(=O)[nH]c5ccccc54)CC3)Cc3ccccc3)n2)cc1. The van der Waals surface area contributed by atoms with Crippen molar-refractivity contribution in [2.24, 2.45) is 0 Å². The van der Waals surface area contributed by atoms with Crippen LogP contribution in [0.25, 0.3) is 11.0 Å². The minimum absolute atomic E-state index is 0.0657. The van der Waals surface area contributed by atoms with Gasteiger partial charge in [0.2, 0.25) is 11.0 Å². The standard InChI is InChI=1S/C31H32N6O2S/c1-22-11-13-23(14-12-22)19-28-33-31(40-34-28)36(20-24-7-3-2-4-8-24)21-29(38)35-17-15-25(16-18-35)37-27-10-6-5-9-26(27)32-30(37)39/h2-14,25H,15-21H2,1H3,(H,32,39). The number of aryl methyl sites for hydroxylation is 1. The number of para-hydroxylation sites is 2. The Labute approximate surface area is 237 Å². The Balaban J connectivity index is 1.15. The fraction of sp³-hybridized carbons (Fsp3) is 0.290. The molecule has 1 fully saturated rings. The van der Waals surface area contributed by atoms with Crippen LogP contribution in [0.2, 0.25) is 0 Å². The summed E-state index contributed by atoms with van der Waals surface area (Å²) in [6.07, 6.45) is 2.14. The summed E-state index contributed by atoms with van der Waals surface area (Å²) >= 11 is 1.34. The number of piperidine rings is 1. The van der Waals surface area contributed by atoms with Gasteiger partial charge in [-0.15, -0.1) is 0 Å². The number of hydrogen-bond acceptors (Lipinski definition) is 6. The number of nitrogens with one attached hydrogen (secondary N) is 1. The maximum Gasteiger partial charge on any atom is 0.326 e. The zero-order chi connectivity index (χ0) is 27.5. The van der Waals surface area contributed by atoms with Crippen molar-refractivity contribution in [3.8, 4) is 0 Å². The number of imidazole rings is 1. The number of aromatic amines is 1. The first kappa shape index (κ1) is 26.0. The molecule has 2 aromatic heterocycles. The van der Waals surface area contributed by atoms with Crippen molar-refractivity contribution in [2.45, 2.75) is 38.8 Å². The number of likely N-dealkylation sites (tertiary alicyclic amines) is 1. The Morgan fingerprint density at radius 1 is 0.975 bits per heavy atom. The van der Waals surface area contributed by atoms with Crippen LogP contribution in [-0.4, -0.2) is 49.3 Å². The van der Waals surface area contributed by atoms with Gasteiger partial charge in [0.25, 0.3) is 0 Å². The number of rotatable bonds is 8. The highest BCUT2D eigenvalue weighted by molar-refractivity contribution is 7.09. The lowest BCUT2D eigenvalue weighted by molar-refractivity contribution is -0.131. The largest absolute Gasteiger partial charge is 0.341 e. The van der Waals surface area contributed by atoms with Gasteiger partial charge in [0.15, 0.2) is 0 Å². The third kappa shape index (κ3) is 5.70. The zero-order valence-corrected chi connectivity index (χ0v) is 23.3. The van der Waals surface area contributed by atoms with E-state index in [9.17, 15) is 9.59 Å². The summed E-state index contributed by atoms with van der Waals surface area (Å²) in [4.78, 5) is 37.9. The van der Waals surface area contributed by atoms with Gasteiger partial charge in [-0.25, -0.2) is 9.78 Å². The van der Waals surface area contributed by atoms with Gasteiger partial charge in [0.1, 0.15) is 5.82 Å². The molecule has 1 N–H and O–H groups in total. The molecule has 1 aliphatic heterocycles. The molecule has 204 valence electrons. The lowest BCUT2D eigenvalue weighted by Crippen LogP contribution is -2.45. The van der Waals surface area contributed by atoms with E-state index in [4.69, 9.17) is 4.98 Å². The van der Waals surface area contributed by atoms with Gasteiger partial charge >= 0.3 is 5.69 Å². The van der Waals surface area contributed by atoms with Gasteiger partial charge in [-0.3, -0.25) is 9.36 Å². The molecule has 3 aromatic carbocycles. The van der Waals surface area contributed by atoms with Gasteiger partial charge in [0, 0.05) is 43.6 Å². The van der Waals surface area contributed by atoms with E-state index in [1.165, 1.54) is 17.1 Å². The molecule has 0 spiro atoms. The molecule has 1 amide bonds. The minimum atomic E-state index is -0.0854. The number of H-pyrrole nitrogens is 1. The number of amides is 1. The number of benzene rings is 3. The second kappa shape index (κ2) is 11.5. The second-order valence-corrected chi connectivity index (χ2v) is 11.2. The highest BCUT2D eigenvalue weighted by Gasteiger charge is 2.28. The fourth-order valence-corrected chi connectivity index (χ4v) is 6.09. The van der Waals surface area contributed by atoms with Crippen molar-refractivity contribution in [3.63, 3.8) is 0 Å². The van der Waals surface area contributed by atoms with E-state index in [0.29, 0.717) is 26.1 Å². The van der Waals surface area contributed by atoms with Crippen molar-refractivity contribution in [2.75, 3.05) is 24.5 Å². The molecule has 5 aromatic rings. The Morgan fingerprint density at radius 2 is 1.70 bits per heavy atom. The monoisotopic (exact) mass is 552 g/mol. The molecule has 3 heterocycles. The summed E-state index contributed by atoms with van der Waals surface area (Å²) in [6.45, 7) is 4.11. The van der Waals surface area contributed by atoms with E-state index >= 15 is 0 Å². The third-order valence-corrected chi connectivity index (χ3v) is 8.37. The summed E-state index contributed by atoms with van der Waals surface area (Å²) < 4.78 is 6.47. The van der Waals surface area contributed by atoms with Crippen LogP contribution < -0.4 is 10.6 Å². The number of aromatic nitrogens is 4. The van der Waals surface area contributed by atoms with Crippen LogP contribution in [-0.2, 0) is 17.8 Å². The van der Waals surface area contributed by atoms with E-state index in [1.807, 2.05) is 56.8 Å². The van der Waals surface area contributed by atoms with E-state index in [2.05, 4.69) is 52.7 Å². The Bertz CT molecular complexity index is 1650. The van der Waals surface area contributed by atoms with Gasteiger partial charge in [-0.1, -0.05) is 72.3 Å². The molecule has 8 nitrogen and oxygen atoms in total.